The molecule has 4 nitrogen and oxygen atoms in total. The minimum Gasteiger partial charge on any atom is -0.491 e. The monoisotopic (exact) mass is 447 g/mol. The van der Waals surface area contributed by atoms with E-state index in [0.717, 1.165) is 29.2 Å². The second-order valence-corrected chi connectivity index (χ2v) is 8.38. The number of halogens is 1. The Hall–Kier alpha value is -1.40. The summed E-state index contributed by atoms with van der Waals surface area (Å²) in [6.07, 6.45) is 3.12. The van der Waals surface area contributed by atoms with Crippen molar-refractivity contribution in [3.63, 3.8) is 0 Å². The van der Waals surface area contributed by atoms with Gasteiger partial charge in [0, 0.05) is 11.0 Å². The third-order valence-corrected chi connectivity index (χ3v) is 5.69. The Morgan fingerprint density at radius 2 is 1.71 bits per heavy atom. The summed E-state index contributed by atoms with van der Waals surface area (Å²) in [6, 6.07) is 18.5. The van der Waals surface area contributed by atoms with Crippen LogP contribution in [0.15, 0.2) is 59.1 Å². The van der Waals surface area contributed by atoms with Crippen molar-refractivity contribution in [3.8, 4) is 5.75 Å². The van der Waals surface area contributed by atoms with Crippen molar-refractivity contribution in [2.75, 3.05) is 39.5 Å². The maximum atomic E-state index is 10.2. The molecule has 1 heterocycles. The highest BCUT2D eigenvalue weighted by atomic mass is 79.9. The summed E-state index contributed by atoms with van der Waals surface area (Å²) in [5, 5.41) is 10.2. The summed E-state index contributed by atoms with van der Waals surface area (Å²) in [5.74, 6) is 1.58. The van der Waals surface area contributed by atoms with Crippen molar-refractivity contribution in [2.45, 2.75) is 25.4 Å². The van der Waals surface area contributed by atoms with Crippen LogP contribution in [0.2, 0.25) is 0 Å². The van der Waals surface area contributed by atoms with Crippen molar-refractivity contribution >= 4 is 15.9 Å². The number of hydrogen-bond donors (Lipinski definition) is 1. The molecule has 1 aliphatic heterocycles. The van der Waals surface area contributed by atoms with Gasteiger partial charge in [-0.1, -0.05) is 46.3 Å². The molecule has 1 N–H and O–H groups in total. The van der Waals surface area contributed by atoms with E-state index in [1.807, 2.05) is 24.3 Å². The predicted octanol–water partition coefficient (Wildman–Crippen LogP) is 4.16. The summed E-state index contributed by atoms with van der Waals surface area (Å²) in [5.41, 5.74) is 1.43. The molecule has 0 amide bonds. The van der Waals surface area contributed by atoms with Crippen LogP contribution in [0.5, 0.6) is 5.75 Å². The topological polar surface area (TPSA) is 41.9 Å². The summed E-state index contributed by atoms with van der Waals surface area (Å²) in [4.78, 5) is 2.36. The molecule has 2 aromatic carbocycles. The normalized spacial score (nSPS) is 16.8. The van der Waals surface area contributed by atoms with Crippen LogP contribution in [-0.2, 0) is 11.2 Å². The molecule has 0 saturated carbocycles. The van der Waals surface area contributed by atoms with Gasteiger partial charge < -0.3 is 19.5 Å². The SMILES string of the molecule is OC(COCCOc1ccc(Br)cc1)CN1CCC(Cc2ccccc2)CC1. The van der Waals surface area contributed by atoms with Crippen molar-refractivity contribution < 1.29 is 14.6 Å². The molecule has 1 fully saturated rings. The Labute approximate surface area is 176 Å². The molecule has 1 saturated heterocycles. The third-order valence-electron chi connectivity index (χ3n) is 5.16. The molecule has 0 aromatic heterocycles. The first-order chi connectivity index (χ1) is 13.7. The Kier molecular flexibility index (Phi) is 8.80. The first kappa shape index (κ1) is 21.3. The van der Waals surface area contributed by atoms with E-state index in [9.17, 15) is 5.11 Å². The van der Waals surface area contributed by atoms with E-state index in [0.29, 0.717) is 26.4 Å². The number of rotatable bonds is 10. The molecule has 2 aromatic rings. The number of ether oxygens (including phenoxy) is 2. The van der Waals surface area contributed by atoms with Gasteiger partial charge in [-0.2, -0.15) is 0 Å². The fourth-order valence-electron chi connectivity index (χ4n) is 3.64. The summed E-state index contributed by atoms with van der Waals surface area (Å²) < 4.78 is 12.2. The largest absolute Gasteiger partial charge is 0.491 e. The second kappa shape index (κ2) is 11.6. The third kappa shape index (κ3) is 7.55. The van der Waals surface area contributed by atoms with Crippen LogP contribution in [0.3, 0.4) is 0 Å². The van der Waals surface area contributed by atoms with E-state index < -0.39 is 6.10 Å². The van der Waals surface area contributed by atoms with Crippen LogP contribution in [0.25, 0.3) is 0 Å². The standard InChI is InChI=1S/C23H30BrNO3/c24-21-6-8-23(9-7-21)28-15-14-27-18-22(26)17-25-12-10-20(11-13-25)16-19-4-2-1-3-5-19/h1-9,20,22,26H,10-18H2. The van der Waals surface area contributed by atoms with Gasteiger partial charge in [0.05, 0.1) is 19.3 Å². The van der Waals surface area contributed by atoms with Crippen molar-refractivity contribution in [1.82, 2.24) is 4.90 Å². The van der Waals surface area contributed by atoms with Gasteiger partial charge in [-0.3, -0.25) is 0 Å². The molecule has 5 heteroatoms. The molecule has 0 bridgehead atoms. The number of β-amino-alcohol motifs (C(OH)–C–C–N with tert-alkyl or cyclic N) is 1. The summed E-state index contributed by atoms with van der Waals surface area (Å²) >= 11 is 3.40. The molecule has 28 heavy (non-hydrogen) atoms. The van der Waals surface area contributed by atoms with Crippen LogP contribution in [0, 0.1) is 5.92 Å². The first-order valence-corrected chi connectivity index (χ1v) is 10.9. The molecule has 1 aliphatic rings. The number of aliphatic hydroxyl groups is 1. The van der Waals surface area contributed by atoms with Gasteiger partial charge in [0.25, 0.3) is 0 Å². The number of nitrogens with zero attached hydrogens (tertiary/aromatic N) is 1. The van der Waals surface area contributed by atoms with Gasteiger partial charge in [-0.15, -0.1) is 0 Å². The average molecular weight is 448 g/mol. The van der Waals surface area contributed by atoms with Gasteiger partial charge >= 0.3 is 0 Å². The minimum atomic E-state index is -0.446. The van der Waals surface area contributed by atoms with Crippen molar-refractivity contribution in [1.29, 1.82) is 0 Å². The molecule has 0 aliphatic carbocycles. The number of likely N-dealkylation sites (tertiary alicyclic amines) is 1. The Balaban J connectivity index is 1.24. The molecule has 1 atom stereocenters. The van der Waals surface area contributed by atoms with E-state index in [1.54, 1.807) is 0 Å². The molecular formula is C23H30BrNO3. The van der Waals surface area contributed by atoms with Crippen LogP contribution in [-0.4, -0.2) is 55.6 Å². The molecule has 1 unspecified atom stereocenters. The molecule has 3 rings (SSSR count). The lowest BCUT2D eigenvalue weighted by atomic mass is 9.90. The summed E-state index contributed by atoms with van der Waals surface area (Å²) in [6.45, 7) is 4.12. The average Bonchev–Trinajstić information content (AvgIpc) is 2.71. The highest BCUT2D eigenvalue weighted by Crippen LogP contribution is 2.21. The lowest BCUT2D eigenvalue weighted by molar-refractivity contribution is 0.00291. The van der Waals surface area contributed by atoms with Crippen molar-refractivity contribution in [3.05, 3.63) is 64.6 Å². The first-order valence-electron chi connectivity index (χ1n) is 10.1. The van der Waals surface area contributed by atoms with Gasteiger partial charge in [0.1, 0.15) is 12.4 Å². The van der Waals surface area contributed by atoms with Crippen LogP contribution in [0.4, 0.5) is 0 Å². The van der Waals surface area contributed by atoms with Crippen LogP contribution >= 0.6 is 15.9 Å². The van der Waals surface area contributed by atoms with Crippen molar-refractivity contribution in [2.24, 2.45) is 5.92 Å². The highest BCUT2D eigenvalue weighted by molar-refractivity contribution is 9.10. The Morgan fingerprint density at radius 3 is 2.43 bits per heavy atom. The number of piperidine rings is 1. The molecule has 0 radical (unpaired) electrons. The zero-order chi connectivity index (χ0) is 19.6. The summed E-state index contributed by atoms with van der Waals surface area (Å²) in [7, 11) is 0. The Morgan fingerprint density at radius 1 is 1.00 bits per heavy atom. The highest BCUT2D eigenvalue weighted by Gasteiger charge is 2.21. The lowest BCUT2D eigenvalue weighted by Gasteiger charge is -2.33. The molecule has 152 valence electrons. The predicted molar refractivity (Wildman–Crippen MR) is 116 cm³/mol. The van der Waals surface area contributed by atoms with Gasteiger partial charge in [0.2, 0.25) is 0 Å². The van der Waals surface area contributed by atoms with Gasteiger partial charge in [-0.25, -0.2) is 0 Å². The number of aliphatic hydroxyl groups excluding tert-OH is 1. The maximum Gasteiger partial charge on any atom is 0.119 e. The second-order valence-electron chi connectivity index (χ2n) is 7.46. The fraction of sp³-hybridized carbons (Fsp3) is 0.478. The van der Waals surface area contributed by atoms with Gasteiger partial charge in [-0.05, 0) is 68.1 Å². The van der Waals surface area contributed by atoms with Gasteiger partial charge in [0.15, 0.2) is 0 Å². The maximum absolute atomic E-state index is 10.2. The van der Waals surface area contributed by atoms with Crippen LogP contribution < -0.4 is 4.74 Å². The molecular weight excluding hydrogens is 418 g/mol. The zero-order valence-electron chi connectivity index (χ0n) is 16.3. The molecule has 0 spiro atoms. The Bertz CT molecular complexity index is 672. The number of hydrogen-bond acceptors (Lipinski definition) is 4. The smallest absolute Gasteiger partial charge is 0.119 e. The number of benzene rings is 2. The quantitative estimate of drug-likeness (QED) is 0.555. The zero-order valence-corrected chi connectivity index (χ0v) is 17.9. The van der Waals surface area contributed by atoms with E-state index in [4.69, 9.17) is 9.47 Å². The van der Waals surface area contributed by atoms with E-state index in [-0.39, 0.29) is 0 Å². The minimum absolute atomic E-state index is 0.355. The van der Waals surface area contributed by atoms with E-state index in [1.165, 1.54) is 24.8 Å². The van der Waals surface area contributed by atoms with E-state index in [2.05, 4.69) is 51.2 Å². The lowest BCUT2D eigenvalue weighted by Crippen LogP contribution is -2.40. The fourth-order valence-corrected chi connectivity index (χ4v) is 3.90. The van der Waals surface area contributed by atoms with E-state index >= 15 is 0 Å². The van der Waals surface area contributed by atoms with Crippen LogP contribution in [0.1, 0.15) is 18.4 Å².